The summed E-state index contributed by atoms with van der Waals surface area (Å²) in [6, 6.07) is 4.49. The Morgan fingerprint density at radius 3 is 2.51 bits per heavy atom. The van der Waals surface area contributed by atoms with Crippen molar-refractivity contribution < 1.29 is 33.8 Å². The minimum atomic E-state index is -0.434. The molecule has 1 heterocycles. The number of phenols is 1. The lowest BCUT2D eigenvalue weighted by Gasteiger charge is -2.16. The number of carbonyl (C=O) groups excluding carboxylic acids is 5. The summed E-state index contributed by atoms with van der Waals surface area (Å²) in [7, 11) is 0. The van der Waals surface area contributed by atoms with Crippen LogP contribution >= 0.6 is 0 Å². The van der Waals surface area contributed by atoms with Gasteiger partial charge in [-0.3, -0.25) is 28.9 Å². The summed E-state index contributed by atoms with van der Waals surface area (Å²) in [5, 5.41) is 15.2. The highest BCUT2D eigenvalue weighted by molar-refractivity contribution is 6.03. The summed E-state index contributed by atoms with van der Waals surface area (Å²) >= 11 is 0. The summed E-state index contributed by atoms with van der Waals surface area (Å²) in [4.78, 5) is 60.7. The van der Waals surface area contributed by atoms with E-state index in [-0.39, 0.29) is 79.3 Å². The SMILES string of the molecule is CC(=O)OCc1ccc(O)c(NC(=O)CCNC(=O)CCCCCN2C(=O)CC(C(C)C)C2=O)c1. The first kappa shape index (κ1) is 27.8. The minimum absolute atomic E-state index is 0.0234. The number of anilines is 1. The standard InChI is InChI=1S/C25H35N3O7/c1-16(2)19-14-24(33)28(25(19)34)12-6-4-5-7-22(31)26-11-10-23(32)27-20-13-18(8-9-21(20)30)15-35-17(3)29/h8-9,13,16,19,30H,4-7,10-12,14-15H2,1-3H3,(H,26,31)(H,27,32). The molecule has 4 amide bonds. The van der Waals surface area contributed by atoms with Gasteiger partial charge in [0.1, 0.15) is 12.4 Å². The molecule has 0 bridgehead atoms. The van der Waals surface area contributed by atoms with Gasteiger partial charge >= 0.3 is 5.97 Å². The average molecular weight is 490 g/mol. The number of ether oxygens (including phenoxy) is 1. The molecule has 0 saturated carbocycles. The van der Waals surface area contributed by atoms with E-state index < -0.39 is 5.97 Å². The third kappa shape index (κ3) is 9.03. The molecule has 1 saturated heterocycles. The Hall–Kier alpha value is -3.43. The van der Waals surface area contributed by atoms with Crippen LogP contribution in [0.15, 0.2) is 18.2 Å². The van der Waals surface area contributed by atoms with Crippen LogP contribution in [0.4, 0.5) is 5.69 Å². The summed E-state index contributed by atoms with van der Waals surface area (Å²) in [5.74, 6) is -1.41. The van der Waals surface area contributed by atoms with E-state index in [0.29, 0.717) is 31.4 Å². The topological polar surface area (TPSA) is 142 Å². The van der Waals surface area contributed by atoms with Gasteiger partial charge in [0, 0.05) is 45.2 Å². The van der Waals surface area contributed by atoms with Crippen LogP contribution in [0.25, 0.3) is 0 Å². The number of likely N-dealkylation sites (tertiary alicyclic amines) is 1. The van der Waals surface area contributed by atoms with Crippen LogP contribution in [0.2, 0.25) is 0 Å². The fourth-order valence-corrected chi connectivity index (χ4v) is 3.77. The Morgan fingerprint density at radius 1 is 1.11 bits per heavy atom. The summed E-state index contributed by atoms with van der Waals surface area (Å²) in [5.41, 5.74) is 0.806. The molecule has 1 fully saturated rings. The minimum Gasteiger partial charge on any atom is -0.506 e. The second-order valence-electron chi connectivity index (χ2n) is 9.03. The number of nitrogens with zero attached hydrogens (tertiary/aromatic N) is 1. The zero-order valence-electron chi connectivity index (χ0n) is 20.6. The van der Waals surface area contributed by atoms with Gasteiger partial charge in [-0.2, -0.15) is 0 Å². The fourth-order valence-electron chi connectivity index (χ4n) is 3.77. The summed E-state index contributed by atoms with van der Waals surface area (Å²) in [6.07, 6.45) is 2.57. The van der Waals surface area contributed by atoms with Crippen LogP contribution in [-0.2, 0) is 35.3 Å². The first-order chi connectivity index (χ1) is 16.6. The smallest absolute Gasteiger partial charge is 0.302 e. The number of phenolic OH excluding ortho intramolecular Hbond substituents is 1. The van der Waals surface area contributed by atoms with Crippen molar-refractivity contribution in [2.75, 3.05) is 18.4 Å². The van der Waals surface area contributed by atoms with Crippen LogP contribution in [0.1, 0.15) is 64.9 Å². The lowest BCUT2D eigenvalue weighted by atomic mass is 9.94. The Labute approximate surface area is 205 Å². The number of nitrogens with one attached hydrogen (secondary N) is 2. The van der Waals surface area contributed by atoms with E-state index in [4.69, 9.17) is 4.74 Å². The van der Waals surface area contributed by atoms with Gasteiger partial charge < -0.3 is 20.5 Å². The normalized spacial score (nSPS) is 15.4. The molecule has 3 N–H and O–H groups in total. The van der Waals surface area contributed by atoms with E-state index in [1.54, 1.807) is 6.07 Å². The lowest BCUT2D eigenvalue weighted by molar-refractivity contribution is -0.142. The van der Waals surface area contributed by atoms with Gasteiger partial charge in [-0.25, -0.2) is 0 Å². The molecule has 0 spiro atoms. The van der Waals surface area contributed by atoms with Crippen molar-refractivity contribution in [2.45, 2.75) is 65.9 Å². The number of hydrogen-bond donors (Lipinski definition) is 3. The number of hydrogen-bond acceptors (Lipinski definition) is 7. The number of benzene rings is 1. The number of imide groups is 1. The number of esters is 1. The van der Waals surface area contributed by atoms with Crippen molar-refractivity contribution in [2.24, 2.45) is 11.8 Å². The zero-order chi connectivity index (χ0) is 26.0. The maximum Gasteiger partial charge on any atom is 0.302 e. The van der Waals surface area contributed by atoms with Crippen molar-refractivity contribution in [3.63, 3.8) is 0 Å². The van der Waals surface area contributed by atoms with E-state index in [1.165, 1.54) is 24.0 Å². The summed E-state index contributed by atoms with van der Waals surface area (Å²) < 4.78 is 4.90. The monoisotopic (exact) mass is 489 g/mol. The van der Waals surface area contributed by atoms with Crippen LogP contribution in [0, 0.1) is 11.8 Å². The molecule has 1 unspecified atom stereocenters. The highest BCUT2D eigenvalue weighted by Gasteiger charge is 2.39. The maximum absolute atomic E-state index is 12.3. The van der Waals surface area contributed by atoms with E-state index in [0.717, 1.165) is 0 Å². The first-order valence-electron chi connectivity index (χ1n) is 11.9. The molecule has 1 aromatic rings. The molecule has 0 radical (unpaired) electrons. The molecule has 0 aliphatic carbocycles. The van der Waals surface area contributed by atoms with Gasteiger partial charge in [0.2, 0.25) is 23.6 Å². The number of aromatic hydroxyl groups is 1. The Bertz CT molecular complexity index is 945. The van der Waals surface area contributed by atoms with Crippen molar-refractivity contribution in [3.05, 3.63) is 23.8 Å². The fraction of sp³-hybridized carbons (Fsp3) is 0.560. The second-order valence-corrected chi connectivity index (χ2v) is 9.03. The predicted molar refractivity (Wildman–Crippen MR) is 128 cm³/mol. The van der Waals surface area contributed by atoms with Crippen LogP contribution in [0.5, 0.6) is 5.75 Å². The molecule has 35 heavy (non-hydrogen) atoms. The molecule has 192 valence electrons. The van der Waals surface area contributed by atoms with Crippen molar-refractivity contribution in [1.29, 1.82) is 0 Å². The lowest BCUT2D eigenvalue weighted by Crippen LogP contribution is -2.32. The number of rotatable bonds is 13. The predicted octanol–water partition coefficient (Wildman–Crippen LogP) is 2.49. The Morgan fingerprint density at radius 2 is 1.86 bits per heavy atom. The number of amides is 4. The second kappa shape index (κ2) is 13.5. The number of unbranched alkanes of at least 4 members (excludes halogenated alkanes) is 2. The van der Waals surface area contributed by atoms with Crippen LogP contribution < -0.4 is 10.6 Å². The van der Waals surface area contributed by atoms with Crippen molar-refractivity contribution in [1.82, 2.24) is 10.2 Å². The van der Waals surface area contributed by atoms with Crippen LogP contribution in [-0.4, -0.2) is 52.7 Å². The van der Waals surface area contributed by atoms with Gasteiger partial charge in [0.05, 0.1) is 5.69 Å². The van der Waals surface area contributed by atoms with E-state index in [9.17, 15) is 29.1 Å². The third-order valence-corrected chi connectivity index (χ3v) is 5.82. The first-order valence-corrected chi connectivity index (χ1v) is 11.9. The molecule has 1 aliphatic rings. The average Bonchev–Trinajstić information content (AvgIpc) is 3.07. The molecule has 10 heteroatoms. The molecule has 2 rings (SSSR count). The molecular formula is C25H35N3O7. The third-order valence-electron chi connectivity index (χ3n) is 5.82. The van der Waals surface area contributed by atoms with E-state index in [2.05, 4.69) is 10.6 Å². The van der Waals surface area contributed by atoms with Gasteiger partial charge in [-0.05, 0) is 36.5 Å². The Balaban J connectivity index is 1.61. The highest BCUT2D eigenvalue weighted by atomic mass is 16.5. The van der Waals surface area contributed by atoms with E-state index in [1.807, 2.05) is 13.8 Å². The van der Waals surface area contributed by atoms with E-state index >= 15 is 0 Å². The van der Waals surface area contributed by atoms with Gasteiger partial charge in [-0.1, -0.05) is 26.3 Å². The molecule has 0 aromatic heterocycles. The maximum atomic E-state index is 12.3. The molecule has 1 aromatic carbocycles. The van der Waals surface area contributed by atoms with Gasteiger partial charge in [0.15, 0.2) is 0 Å². The summed E-state index contributed by atoms with van der Waals surface area (Å²) in [6.45, 7) is 5.73. The largest absolute Gasteiger partial charge is 0.506 e. The highest BCUT2D eigenvalue weighted by Crippen LogP contribution is 2.27. The van der Waals surface area contributed by atoms with Crippen LogP contribution in [0.3, 0.4) is 0 Å². The van der Waals surface area contributed by atoms with Crippen molar-refractivity contribution >= 4 is 35.3 Å². The van der Waals surface area contributed by atoms with Gasteiger partial charge in [0.25, 0.3) is 0 Å². The van der Waals surface area contributed by atoms with Crippen molar-refractivity contribution in [3.8, 4) is 5.75 Å². The quantitative estimate of drug-likeness (QED) is 0.167. The molecular weight excluding hydrogens is 454 g/mol. The molecule has 1 atom stereocenters. The molecule has 10 nitrogen and oxygen atoms in total. The Kier molecular flexibility index (Phi) is 10.7. The van der Waals surface area contributed by atoms with Gasteiger partial charge in [-0.15, -0.1) is 0 Å². The zero-order valence-corrected chi connectivity index (χ0v) is 20.6. The molecule has 1 aliphatic heterocycles. The number of carbonyl (C=O) groups is 5.